The maximum Gasteiger partial charge on any atom is 0.314 e. The Bertz CT molecular complexity index is 533. The molecular formula is C13H14ClN3O. The van der Waals surface area contributed by atoms with E-state index in [1.54, 1.807) is 7.05 Å². The van der Waals surface area contributed by atoms with Crippen LogP contribution in [0.15, 0.2) is 42.7 Å². The molecule has 2 aromatic rings. The Labute approximate surface area is 111 Å². The number of hydrogen-bond donors (Lipinski definition) is 2. The van der Waals surface area contributed by atoms with Crippen molar-refractivity contribution in [1.82, 2.24) is 15.2 Å². The molecule has 1 aromatic heterocycles. The summed E-state index contributed by atoms with van der Waals surface area (Å²) < 4.78 is 1.98. The number of nitrogens with zero attached hydrogens (tertiary/aromatic N) is 1. The third-order valence-corrected chi connectivity index (χ3v) is 2.81. The molecule has 2 amide bonds. The van der Waals surface area contributed by atoms with Gasteiger partial charge in [0.2, 0.25) is 0 Å². The minimum Gasteiger partial charge on any atom is -0.341 e. The molecule has 0 aliphatic carbocycles. The smallest absolute Gasteiger partial charge is 0.314 e. The molecule has 0 atom stereocenters. The number of urea groups is 1. The number of hydrogen-bond acceptors (Lipinski definition) is 1. The zero-order valence-corrected chi connectivity index (χ0v) is 10.7. The van der Waals surface area contributed by atoms with Crippen LogP contribution in [0.4, 0.5) is 4.79 Å². The van der Waals surface area contributed by atoms with Crippen molar-refractivity contribution >= 4 is 17.6 Å². The lowest BCUT2D eigenvalue weighted by Gasteiger charge is -2.03. The van der Waals surface area contributed by atoms with Gasteiger partial charge in [-0.05, 0) is 35.9 Å². The predicted octanol–water partition coefficient (Wildman–Crippen LogP) is 2.56. The lowest BCUT2D eigenvalue weighted by Crippen LogP contribution is -2.31. The third-order valence-electron chi connectivity index (χ3n) is 2.56. The van der Waals surface area contributed by atoms with Crippen LogP contribution in [0.25, 0.3) is 5.69 Å². The number of amides is 2. The fraction of sp³-hybridized carbons (Fsp3) is 0.154. The molecule has 18 heavy (non-hydrogen) atoms. The van der Waals surface area contributed by atoms with Crippen molar-refractivity contribution in [3.05, 3.63) is 53.3 Å². The molecule has 1 aromatic carbocycles. The van der Waals surface area contributed by atoms with Crippen molar-refractivity contribution in [2.45, 2.75) is 6.54 Å². The average molecular weight is 264 g/mol. The molecule has 0 aliphatic rings. The third kappa shape index (κ3) is 3.05. The number of nitrogens with one attached hydrogen (secondary N) is 2. The number of halogens is 1. The molecular weight excluding hydrogens is 250 g/mol. The average Bonchev–Trinajstić information content (AvgIpc) is 2.85. The van der Waals surface area contributed by atoms with Gasteiger partial charge in [0.25, 0.3) is 0 Å². The van der Waals surface area contributed by atoms with Crippen molar-refractivity contribution in [2.75, 3.05) is 7.05 Å². The molecule has 2 rings (SSSR count). The number of carbonyl (C=O) groups excluding carboxylic acids is 1. The van der Waals surface area contributed by atoms with Gasteiger partial charge in [0.15, 0.2) is 0 Å². The van der Waals surface area contributed by atoms with E-state index in [4.69, 9.17) is 11.6 Å². The quantitative estimate of drug-likeness (QED) is 0.878. The molecule has 0 bridgehead atoms. The van der Waals surface area contributed by atoms with Crippen LogP contribution in [0, 0.1) is 0 Å². The van der Waals surface area contributed by atoms with Crippen molar-refractivity contribution < 1.29 is 4.79 Å². The standard InChI is InChI=1S/C13H14ClN3O/c1-15-13(18)16-8-10-6-7-17(9-10)12-4-2-11(14)3-5-12/h2-7,9H,8H2,1H3,(H2,15,16,18). The molecule has 0 fully saturated rings. The van der Waals surface area contributed by atoms with Gasteiger partial charge in [-0.25, -0.2) is 4.79 Å². The monoisotopic (exact) mass is 263 g/mol. The summed E-state index contributed by atoms with van der Waals surface area (Å²) in [6, 6.07) is 9.36. The number of benzene rings is 1. The van der Waals surface area contributed by atoms with Crippen molar-refractivity contribution in [3.63, 3.8) is 0 Å². The number of carbonyl (C=O) groups is 1. The molecule has 5 heteroatoms. The maximum absolute atomic E-state index is 11.1. The Morgan fingerprint density at radius 2 is 2.00 bits per heavy atom. The highest BCUT2D eigenvalue weighted by molar-refractivity contribution is 6.30. The van der Waals surface area contributed by atoms with Crippen LogP contribution < -0.4 is 10.6 Å². The first-order valence-corrected chi connectivity index (χ1v) is 5.95. The molecule has 0 unspecified atom stereocenters. The SMILES string of the molecule is CNC(=O)NCc1ccn(-c2ccc(Cl)cc2)c1. The highest BCUT2D eigenvalue weighted by Gasteiger charge is 2.01. The van der Waals surface area contributed by atoms with Crippen molar-refractivity contribution in [1.29, 1.82) is 0 Å². The normalized spacial score (nSPS) is 10.1. The molecule has 0 radical (unpaired) electrons. The van der Waals surface area contributed by atoms with Gasteiger partial charge in [-0.15, -0.1) is 0 Å². The second-order valence-electron chi connectivity index (χ2n) is 3.84. The van der Waals surface area contributed by atoms with E-state index in [2.05, 4.69) is 10.6 Å². The van der Waals surface area contributed by atoms with Crippen molar-refractivity contribution in [3.8, 4) is 5.69 Å². The second-order valence-corrected chi connectivity index (χ2v) is 4.27. The largest absolute Gasteiger partial charge is 0.341 e. The summed E-state index contributed by atoms with van der Waals surface area (Å²) in [5.41, 5.74) is 2.07. The highest BCUT2D eigenvalue weighted by atomic mass is 35.5. The van der Waals surface area contributed by atoms with Gasteiger partial charge >= 0.3 is 6.03 Å². The fourth-order valence-corrected chi connectivity index (χ4v) is 1.72. The second kappa shape index (κ2) is 5.60. The predicted molar refractivity (Wildman–Crippen MR) is 72.1 cm³/mol. The zero-order valence-electron chi connectivity index (χ0n) is 9.98. The van der Waals surface area contributed by atoms with E-state index < -0.39 is 0 Å². The molecule has 0 aliphatic heterocycles. The van der Waals surface area contributed by atoms with Crippen LogP contribution in [-0.4, -0.2) is 17.6 Å². The van der Waals surface area contributed by atoms with E-state index in [-0.39, 0.29) is 6.03 Å². The van der Waals surface area contributed by atoms with E-state index in [9.17, 15) is 4.79 Å². The van der Waals surface area contributed by atoms with E-state index in [0.717, 1.165) is 11.3 Å². The maximum atomic E-state index is 11.1. The Morgan fingerprint density at radius 3 is 2.67 bits per heavy atom. The van der Waals surface area contributed by atoms with E-state index in [0.29, 0.717) is 11.6 Å². The lowest BCUT2D eigenvalue weighted by molar-refractivity contribution is 0.242. The molecule has 0 saturated heterocycles. The van der Waals surface area contributed by atoms with Crippen LogP contribution >= 0.6 is 11.6 Å². The van der Waals surface area contributed by atoms with Crippen LogP contribution in [0.5, 0.6) is 0 Å². The van der Waals surface area contributed by atoms with Gasteiger partial charge in [-0.1, -0.05) is 11.6 Å². The summed E-state index contributed by atoms with van der Waals surface area (Å²) in [5, 5.41) is 5.96. The Balaban J connectivity index is 2.06. The number of rotatable bonds is 3. The summed E-state index contributed by atoms with van der Waals surface area (Å²) in [6.45, 7) is 0.500. The zero-order chi connectivity index (χ0) is 13.0. The number of aromatic nitrogens is 1. The molecule has 0 saturated carbocycles. The first-order chi connectivity index (χ1) is 8.69. The molecule has 2 N–H and O–H groups in total. The van der Waals surface area contributed by atoms with Crippen LogP contribution in [-0.2, 0) is 6.54 Å². The highest BCUT2D eigenvalue weighted by Crippen LogP contribution is 2.14. The van der Waals surface area contributed by atoms with Crippen LogP contribution in [0.1, 0.15) is 5.56 Å². The molecule has 1 heterocycles. The van der Waals surface area contributed by atoms with Gasteiger partial charge < -0.3 is 15.2 Å². The molecule has 94 valence electrons. The summed E-state index contributed by atoms with van der Waals surface area (Å²) in [6.07, 6.45) is 3.92. The van der Waals surface area contributed by atoms with E-state index >= 15 is 0 Å². The van der Waals surface area contributed by atoms with E-state index in [1.807, 2.05) is 47.3 Å². The summed E-state index contributed by atoms with van der Waals surface area (Å²) in [7, 11) is 1.59. The van der Waals surface area contributed by atoms with Gasteiger partial charge in [0.1, 0.15) is 0 Å². The lowest BCUT2D eigenvalue weighted by atomic mass is 10.3. The van der Waals surface area contributed by atoms with Gasteiger partial charge in [0.05, 0.1) is 0 Å². The summed E-state index contributed by atoms with van der Waals surface area (Å²) in [5.74, 6) is 0. The van der Waals surface area contributed by atoms with Crippen LogP contribution in [0.3, 0.4) is 0 Å². The van der Waals surface area contributed by atoms with Crippen molar-refractivity contribution in [2.24, 2.45) is 0 Å². The van der Waals surface area contributed by atoms with E-state index in [1.165, 1.54) is 0 Å². The minimum absolute atomic E-state index is 0.186. The summed E-state index contributed by atoms with van der Waals surface area (Å²) >= 11 is 5.84. The Kier molecular flexibility index (Phi) is 3.89. The first kappa shape index (κ1) is 12.5. The molecule has 4 nitrogen and oxygen atoms in total. The minimum atomic E-state index is -0.186. The fourth-order valence-electron chi connectivity index (χ4n) is 1.59. The topological polar surface area (TPSA) is 46.1 Å². The van der Waals surface area contributed by atoms with Gasteiger partial charge in [-0.2, -0.15) is 0 Å². The Hall–Kier alpha value is -1.94. The van der Waals surface area contributed by atoms with Crippen LogP contribution in [0.2, 0.25) is 5.02 Å². The first-order valence-electron chi connectivity index (χ1n) is 5.57. The van der Waals surface area contributed by atoms with Gasteiger partial charge in [0, 0.05) is 36.7 Å². The molecule has 0 spiro atoms. The van der Waals surface area contributed by atoms with Gasteiger partial charge in [-0.3, -0.25) is 0 Å². The Morgan fingerprint density at radius 1 is 1.28 bits per heavy atom. The summed E-state index contributed by atoms with van der Waals surface area (Å²) in [4.78, 5) is 11.1.